The van der Waals surface area contributed by atoms with Gasteiger partial charge in [0.15, 0.2) is 0 Å². The normalized spacial score (nSPS) is 10.1. The van der Waals surface area contributed by atoms with Gasteiger partial charge in [-0.2, -0.15) is 4.68 Å². The van der Waals surface area contributed by atoms with E-state index in [4.69, 9.17) is 5.84 Å². The lowest BCUT2D eigenvalue weighted by Gasteiger charge is -1.99. The van der Waals surface area contributed by atoms with Crippen molar-refractivity contribution in [2.45, 2.75) is 13.0 Å². The minimum Gasteiger partial charge on any atom is -0.390 e. The third-order valence-corrected chi connectivity index (χ3v) is 2.07. The molecule has 0 saturated heterocycles. The molecule has 0 aliphatic rings. The summed E-state index contributed by atoms with van der Waals surface area (Å²) >= 11 is 2.97. The molecular formula is C5H7BrN6O4. The molecule has 0 unspecified atom stereocenters. The van der Waals surface area contributed by atoms with Crippen molar-refractivity contribution >= 4 is 27.8 Å². The second kappa shape index (κ2) is 5.48. The van der Waals surface area contributed by atoms with Crippen LogP contribution in [0, 0.1) is 10.1 Å². The van der Waals surface area contributed by atoms with Crippen LogP contribution in [-0.2, 0) is 16.2 Å². The van der Waals surface area contributed by atoms with Crippen molar-refractivity contribution in [3.05, 3.63) is 14.8 Å². The van der Waals surface area contributed by atoms with Crippen LogP contribution in [0.2, 0.25) is 0 Å². The summed E-state index contributed by atoms with van der Waals surface area (Å²) in [5, 5.41) is 13.9. The summed E-state index contributed by atoms with van der Waals surface area (Å²) in [7, 11) is 0. The average Bonchev–Trinajstić information content (AvgIpc) is 2.58. The molecule has 1 rings (SSSR count). The zero-order chi connectivity index (χ0) is 12.1. The lowest BCUT2D eigenvalue weighted by molar-refractivity contribution is -0.394. The topological polar surface area (TPSA) is 138 Å². The van der Waals surface area contributed by atoms with Crippen molar-refractivity contribution in [2.75, 3.05) is 0 Å². The SMILES string of the molecule is NNOC(=O)CCn1nc([N+](=O)[O-])nc1Br. The molecule has 0 radical (unpaired) electrons. The lowest BCUT2D eigenvalue weighted by atomic mass is 10.4. The molecule has 11 heteroatoms. The van der Waals surface area contributed by atoms with E-state index in [1.54, 1.807) is 5.59 Å². The molecule has 0 amide bonds. The van der Waals surface area contributed by atoms with E-state index in [0.29, 0.717) is 0 Å². The quantitative estimate of drug-likeness (QED) is 0.411. The Morgan fingerprint density at radius 1 is 1.75 bits per heavy atom. The second-order valence-electron chi connectivity index (χ2n) is 2.50. The van der Waals surface area contributed by atoms with E-state index in [2.05, 4.69) is 30.9 Å². The number of nitrogens with zero attached hydrogens (tertiary/aromatic N) is 4. The minimum absolute atomic E-state index is 0.0523. The zero-order valence-electron chi connectivity index (χ0n) is 7.79. The number of nitrogens with two attached hydrogens (primary N) is 1. The summed E-state index contributed by atoms with van der Waals surface area (Å²) in [5.74, 6) is 3.58. The van der Waals surface area contributed by atoms with Gasteiger partial charge in [-0.3, -0.25) is 4.79 Å². The molecule has 1 heterocycles. The molecule has 1 aromatic rings. The number of aryl methyl sites for hydroxylation is 1. The maximum absolute atomic E-state index is 10.9. The van der Waals surface area contributed by atoms with E-state index < -0.39 is 16.8 Å². The number of carbonyl (C=O) groups is 1. The van der Waals surface area contributed by atoms with E-state index in [1.807, 2.05) is 0 Å². The highest BCUT2D eigenvalue weighted by molar-refractivity contribution is 9.10. The standard InChI is InChI=1S/C5H7BrN6O4/c6-4-8-5(12(14)15)9-11(4)2-1-3(13)16-10-7/h10H,1-2,7H2. The van der Waals surface area contributed by atoms with Gasteiger partial charge in [-0.15, -0.1) is 0 Å². The first-order chi connectivity index (χ1) is 7.54. The number of rotatable bonds is 5. The first-order valence-corrected chi connectivity index (χ1v) is 4.74. The molecule has 0 aliphatic heterocycles. The third kappa shape index (κ3) is 3.22. The molecular weight excluding hydrogens is 288 g/mol. The highest BCUT2D eigenvalue weighted by Crippen LogP contribution is 2.12. The molecule has 1 aromatic heterocycles. The Labute approximate surface area is 97.0 Å². The largest absolute Gasteiger partial charge is 0.492 e. The van der Waals surface area contributed by atoms with E-state index >= 15 is 0 Å². The fourth-order valence-corrected chi connectivity index (χ4v) is 1.26. The number of hydrogen-bond donors (Lipinski definition) is 2. The van der Waals surface area contributed by atoms with Crippen molar-refractivity contribution in [3.8, 4) is 0 Å². The van der Waals surface area contributed by atoms with Crippen molar-refractivity contribution in [1.82, 2.24) is 20.4 Å². The van der Waals surface area contributed by atoms with Gasteiger partial charge in [-0.25, -0.2) is 5.84 Å². The van der Waals surface area contributed by atoms with Crippen molar-refractivity contribution in [3.63, 3.8) is 0 Å². The fraction of sp³-hybridized carbons (Fsp3) is 0.400. The predicted molar refractivity (Wildman–Crippen MR) is 52.4 cm³/mol. The summed E-state index contributed by atoms with van der Waals surface area (Å²) < 4.78 is 1.32. The third-order valence-electron chi connectivity index (χ3n) is 1.48. The van der Waals surface area contributed by atoms with Gasteiger partial charge >= 0.3 is 11.9 Å². The maximum Gasteiger partial charge on any atom is 0.492 e. The first kappa shape index (κ1) is 12.5. The molecule has 16 heavy (non-hydrogen) atoms. The van der Waals surface area contributed by atoms with Crippen LogP contribution < -0.4 is 11.4 Å². The van der Waals surface area contributed by atoms with Crippen LogP contribution in [-0.4, -0.2) is 25.7 Å². The van der Waals surface area contributed by atoms with Gasteiger partial charge in [0.25, 0.3) is 4.73 Å². The molecule has 10 nitrogen and oxygen atoms in total. The van der Waals surface area contributed by atoms with Crippen LogP contribution >= 0.6 is 15.9 Å². The number of halogens is 1. The van der Waals surface area contributed by atoms with Crippen LogP contribution in [0.5, 0.6) is 0 Å². The summed E-state index contributed by atoms with van der Waals surface area (Å²) in [6.45, 7) is 0.0853. The molecule has 0 spiro atoms. The summed E-state index contributed by atoms with van der Waals surface area (Å²) in [4.78, 5) is 28.2. The van der Waals surface area contributed by atoms with Gasteiger partial charge in [0.05, 0.1) is 13.0 Å². The van der Waals surface area contributed by atoms with Crippen LogP contribution in [0.4, 0.5) is 5.95 Å². The van der Waals surface area contributed by atoms with E-state index in [-0.39, 0.29) is 17.7 Å². The molecule has 0 bridgehead atoms. The van der Waals surface area contributed by atoms with Crippen molar-refractivity contribution in [1.29, 1.82) is 0 Å². The molecule has 0 aromatic carbocycles. The van der Waals surface area contributed by atoms with E-state index in [1.165, 1.54) is 0 Å². The van der Waals surface area contributed by atoms with E-state index in [0.717, 1.165) is 4.68 Å². The number of carbonyl (C=O) groups excluding carboxylic acids is 1. The highest BCUT2D eigenvalue weighted by atomic mass is 79.9. The van der Waals surface area contributed by atoms with Crippen molar-refractivity contribution in [2.24, 2.45) is 5.84 Å². The van der Waals surface area contributed by atoms with Gasteiger partial charge in [0, 0.05) is 21.0 Å². The molecule has 0 aliphatic carbocycles. The smallest absolute Gasteiger partial charge is 0.390 e. The van der Waals surface area contributed by atoms with Gasteiger partial charge in [-0.05, 0) is 9.91 Å². The van der Waals surface area contributed by atoms with Crippen molar-refractivity contribution < 1.29 is 14.6 Å². The monoisotopic (exact) mass is 294 g/mol. The predicted octanol–water partition coefficient (Wildman–Crippen LogP) is -0.740. The van der Waals surface area contributed by atoms with Gasteiger partial charge < -0.3 is 15.0 Å². The second-order valence-corrected chi connectivity index (χ2v) is 3.21. The number of aromatic nitrogens is 3. The summed E-state index contributed by atoms with van der Waals surface area (Å²) in [6.07, 6.45) is -0.0523. The molecule has 0 fully saturated rings. The lowest BCUT2D eigenvalue weighted by Crippen LogP contribution is -2.26. The first-order valence-electron chi connectivity index (χ1n) is 3.94. The zero-order valence-corrected chi connectivity index (χ0v) is 9.38. The molecule has 3 N–H and O–H groups in total. The van der Waals surface area contributed by atoms with E-state index in [9.17, 15) is 14.9 Å². The van der Waals surface area contributed by atoms with Gasteiger partial charge in [-0.1, -0.05) is 5.59 Å². The number of hydrazine groups is 1. The van der Waals surface area contributed by atoms with Crippen LogP contribution in [0.15, 0.2) is 4.73 Å². The van der Waals surface area contributed by atoms with Gasteiger partial charge in [0.2, 0.25) is 0 Å². The number of nitro groups is 1. The average molecular weight is 295 g/mol. The summed E-state index contributed by atoms with van der Waals surface area (Å²) in [5.41, 5.74) is 1.73. The number of hydrogen-bond acceptors (Lipinski definition) is 8. The van der Waals surface area contributed by atoms with Crippen LogP contribution in [0.1, 0.15) is 6.42 Å². The highest BCUT2D eigenvalue weighted by Gasteiger charge is 2.19. The molecule has 0 saturated carbocycles. The Kier molecular flexibility index (Phi) is 4.28. The molecule has 88 valence electrons. The minimum atomic E-state index is -0.735. The Balaban J connectivity index is 2.60. The van der Waals surface area contributed by atoms with Crippen LogP contribution in [0.3, 0.4) is 0 Å². The maximum atomic E-state index is 10.9. The Bertz CT molecular complexity index is 406. The number of nitrogens with one attached hydrogen (secondary N) is 1. The Hall–Kier alpha value is -1.59. The Morgan fingerprint density at radius 2 is 2.44 bits per heavy atom. The molecule has 0 atom stereocenters. The summed E-state index contributed by atoms with van der Waals surface area (Å²) in [6, 6.07) is 0. The fourth-order valence-electron chi connectivity index (χ4n) is 0.845. The Morgan fingerprint density at radius 3 is 2.94 bits per heavy atom. The van der Waals surface area contributed by atoms with Crippen LogP contribution in [0.25, 0.3) is 0 Å². The van der Waals surface area contributed by atoms with Gasteiger partial charge in [0.1, 0.15) is 0 Å².